The van der Waals surface area contributed by atoms with E-state index in [2.05, 4.69) is 10.2 Å². The Morgan fingerprint density at radius 2 is 1.78 bits per heavy atom. The summed E-state index contributed by atoms with van der Waals surface area (Å²) in [5.41, 5.74) is 2.45. The van der Waals surface area contributed by atoms with Crippen LogP contribution in [-0.2, 0) is 0 Å². The van der Waals surface area contributed by atoms with Gasteiger partial charge in [-0.25, -0.2) is 4.79 Å². The number of aromatic nitrogens is 2. The number of H-pyrrole nitrogens is 1. The first kappa shape index (κ1) is 10.5. The van der Waals surface area contributed by atoms with Gasteiger partial charge in [0.25, 0.3) is 0 Å². The third-order valence-corrected chi connectivity index (χ3v) is 2.88. The number of nitrogens with one attached hydrogen (secondary N) is 1. The van der Waals surface area contributed by atoms with Crippen LogP contribution in [0.25, 0.3) is 22.2 Å². The van der Waals surface area contributed by atoms with E-state index < -0.39 is 5.97 Å². The van der Waals surface area contributed by atoms with Crippen molar-refractivity contribution < 1.29 is 9.90 Å². The van der Waals surface area contributed by atoms with Crippen molar-refractivity contribution in [1.82, 2.24) is 10.2 Å². The number of carboxylic acid groups (broad SMARTS) is 1. The molecule has 3 rings (SSSR count). The molecule has 0 aliphatic rings. The van der Waals surface area contributed by atoms with Crippen molar-refractivity contribution in [3.63, 3.8) is 0 Å². The third-order valence-electron chi connectivity index (χ3n) is 2.88. The highest BCUT2D eigenvalue weighted by molar-refractivity contribution is 6.01. The lowest BCUT2D eigenvalue weighted by Crippen LogP contribution is -1.99. The highest BCUT2D eigenvalue weighted by atomic mass is 16.4. The number of rotatable bonds is 2. The fourth-order valence-electron chi connectivity index (χ4n) is 2.04. The van der Waals surface area contributed by atoms with Gasteiger partial charge in [0.15, 0.2) is 0 Å². The van der Waals surface area contributed by atoms with E-state index >= 15 is 0 Å². The van der Waals surface area contributed by atoms with Gasteiger partial charge in [0.2, 0.25) is 0 Å². The molecule has 0 bridgehead atoms. The Balaban J connectivity index is 2.30. The van der Waals surface area contributed by atoms with Gasteiger partial charge in [-0.3, -0.25) is 5.10 Å². The Hall–Kier alpha value is -2.62. The van der Waals surface area contributed by atoms with E-state index in [1.807, 2.05) is 30.3 Å². The fraction of sp³-hybridized carbons (Fsp3) is 0. The van der Waals surface area contributed by atoms with Crippen LogP contribution in [0.3, 0.4) is 0 Å². The first-order valence-electron chi connectivity index (χ1n) is 5.53. The van der Waals surface area contributed by atoms with Gasteiger partial charge >= 0.3 is 5.97 Å². The average Bonchev–Trinajstić information content (AvgIpc) is 2.82. The van der Waals surface area contributed by atoms with Crippen LogP contribution < -0.4 is 0 Å². The lowest BCUT2D eigenvalue weighted by Gasteiger charge is -2.02. The zero-order valence-electron chi connectivity index (χ0n) is 9.42. The molecule has 1 aromatic heterocycles. The van der Waals surface area contributed by atoms with E-state index in [0.717, 1.165) is 10.9 Å². The van der Waals surface area contributed by atoms with Crippen molar-refractivity contribution in [3.8, 4) is 11.3 Å². The zero-order chi connectivity index (χ0) is 12.5. The largest absolute Gasteiger partial charge is 0.478 e. The van der Waals surface area contributed by atoms with Crippen molar-refractivity contribution >= 4 is 16.9 Å². The quantitative estimate of drug-likeness (QED) is 0.721. The van der Waals surface area contributed by atoms with Gasteiger partial charge in [0.05, 0.1) is 11.1 Å². The molecule has 0 saturated heterocycles. The molecule has 0 radical (unpaired) electrons. The van der Waals surface area contributed by atoms with Crippen LogP contribution in [0.15, 0.2) is 48.5 Å². The van der Waals surface area contributed by atoms with Crippen molar-refractivity contribution in [2.24, 2.45) is 0 Å². The summed E-state index contributed by atoms with van der Waals surface area (Å²) in [4.78, 5) is 11.2. The molecule has 4 heteroatoms. The van der Waals surface area contributed by atoms with E-state index in [1.165, 1.54) is 0 Å². The maximum Gasteiger partial charge on any atom is 0.336 e. The Kier molecular flexibility index (Phi) is 2.34. The Morgan fingerprint density at radius 3 is 2.61 bits per heavy atom. The normalized spacial score (nSPS) is 10.7. The summed E-state index contributed by atoms with van der Waals surface area (Å²) in [5.74, 6) is -0.947. The van der Waals surface area contributed by atoms with Gasteiger partial charge in [-0.2, -0.15) is 5.10 Å². The minimum Gasteiger partial charge on any atom is -0.478 e. The Bertz CT molecular complexity index is 731. The summed E-state index contributed by atoms with van der Waals surface area (Å²) in [7, 11) is 0. The first-order valence-corrected chi connectivity index (χ1v) is 5.53. The van der Waals surface area contributed by atoms with Crippen LogP contribution in [0.1, 0.15) is 10.4 Å². The predicted octanol–water partition coefficient (Wildman–Crippen LogP) is 2.93. The number of benzene rings is 2. The minimum atomic E-state index is -0.947. The van der Waals surface area contributed by atoms with E-state index in [4.69, 9.17) is 0 Å². The summed E-state index contributed by atoms with van der Waals surface area (Å²) < 4.78 is 0. The first-order chi connectivity index (χ1) is 8.77. The number of aromatic amines is 1. The van der Waals surface area contributed by atoms with Gasteiger partial charge < -0.3 is 5.11 Å². The average molecular weight is 238 g/mol. The summed E-state index contributed by atoms with van der Waals surface area (Å²) in [6, 6.07) is 14.5. The molecule has 0 atom stereocenters. The monoisotopic (exact) mass is 238 g/mol. The number of carboxylic acids is 1. The Morgan fingerprint density at radius 1 is 1.06 bits per heavy atom. The highest BCUT2D eigenvalue weighted by Gasteiger charge is 2.15. The molecule has 0 fully saturated rings. The molecule has 1 heterocycles. The molecule has 88 valence electrons. The molecule has 0 aliphatic heterocycles. The molecule has 0 unspecified atom stereocenters. The van der Waals surface area contributed by atoms with Crippen LogP contribution in [0.2, 0.25) is 0 Å². The number of para-hydroxylation sites is 1. The van der Waals surface area contributed by atoms with Crippen LogP contribution in [0, 0.1) is 0 Å². The lowest BCUT2D eigenvalue weighted by molar-refractivity contribution is 0.0697. The molecule has 2 aromatic carbocycles. The van der Waals surface area contributed by atoms with Gasteiger partial charge in [-0.15, -0.1) is 0 Å². The Labute approximate surface area is 103 Å². The zero-order valence-corrected chi connectivity index (χ0v) is 9.42. The molecular weight excluding hydrogens is 228 g/mol. The third kappa shape index (κ3) is 1.55. The van der Waals surface area contributed by atoms with Crippen molar-refractivity contribution in [1.29, 1.82) is 0 Å². The highest BCUT2D eigenvalue weighted by Crippen LogP contribution is 2.28. The standard InChI is InChI=1S/C14H10N2O2/c17-14(18)10-6-2-1-5-9(10)13-11-7-3-4-8-12(11)15-16-13/h1-8H,(H,15,16)(H,17,18). The van der Waals surface area contributed by atoms with Gasteiger partial charge in [-0.05, 0) is 12.1 Å². The molecule has 18 heavy (non-hydrogen) atoms. The molecule has 2 N–H and O–H groups in total. The van der Waals surface area contributed by atoms with Crippen molar-refractivity contribution in [3.05, 3.63) is 54.1 Å². The van der Waals surface area contributed by atoms with E-state index in [1.54, 1.807) is 18.2 Å². The smallest absolute Gasteiger partial charge is 0.336 e. The van der Waals surface area contributed by atoms with Crippen LogP contribution in [0.4, 0.5) is 0 Å². The molecule has 0 spiro atoms. The van der Waals surface area contributed by atoms with Gasteiger partial charge in [0, 0.05) is 10.9 Å². The van der Waals surface area contributed by atoms with E-state index in [9.17, 15) is 9.90 Å². The number of fused-ring (bicyclic) bond motifs is 1. The SMILES string of the molecule is O=C(O)c1ccccc1-c1n[nH]c2ccccc12. The summed E-state index contributed by atoms with van der Waals surface area (Å²) >= 11 is 0. The maximum absolute atomic E-state index is 11.2. The minimum absolute atomic E-state index is 0.259. The summed E-state index contributed by atoms with van der Waals surface area (Å²) in [6.07, 6.45) is 0. The van der Waals surface area contributed by atoms with E-state index in [-0.39, 0.29) is 5.56 Å². The topological polar surface area (TPSA) is 66.0 Å². The number of hydrogen-bond donors (Lipinski definition) is 2. The van der Waals surface area contributed by atoms with Crippen LogP contribution >= 0.6 is 0 Å². The lowest BCUT2D eigenvalue weighted by atomic mass is 10.0. The molecule has 4 nitrogen and oxygen atoms in total. The molecule has 3 aromatic rings. The fourth-order valence-corrected chi connectivity index (χ4v) is 2.04. The number of hydrogen-bond acceptors (Lipinski definition) is 2. The molecule has 0 aliphatic carbocycles. The number of carbonyl (C=O) groups is 1. The molecule has 0 saturated carbocycles. The number of aromatic carboxylic acids is 1. The second-order valence-electron chi connectivity index (χ2n) is 3.97. The summed E-state index contributed by atoms with van der Waals surface area (Å²) in [5, 5.41) is 17.3. The van der Waals surface area contributed by atoms with Crippen LogP contribution in [-0.4, -0.2) is 21.3 Å². The molecule has 0 amide bonds. The van der Waals surface area contributed by atoms with Gasteiger partial charge in [0.1, 0.15) is 5.69 Å². The molecular formula is C14H10N2O2. The van der Waals surface area contributed by atoms with Crippen LogP contribution in [0.5, 0.6) is 0 Å². The second kappa shape index (κ2) is 4.00. The number of nitrogens with zero attached hydrogens (tertiary/aromatic N) is 1. The maximum atomic E-state index is 11.2. The van der Waals surface area contributed by atoms with Crippen molar-refractivity contribution in [2.45, 2.75) is 0 Å². The second-order valence-corrected chi connectivity index (χ2v) is 3.97. The van der Waals surface area contributed by atoms with E-state index in [0.29, 0.717) is 11.3 Å². The van der Waals surface area contributed by atoms with Gasteiger partial charge in [-0.1, -0.05) is 36.4 Å². The van der Waals surface area contributed by atoms with Crippen molar-refractivity contribution in [2.75, 3.05) is 0 Å². The summed E-state index contributed by atoms with van der Waals surface area (Å²) in [6.45, 7) is 0. The predicted molar refractivity (Wildman–Crippen MR) is 68.5 cm³/mol.